The highest BCUT2D eigenvalue weighted by Gasteiger charge is 2.15. The highest BCUT2D eigenvalue weighted by molar-refractivity contribution is 8.15. The third-order valence-electron chi connectivity index (χ3n) is 4.62. The molecule has 0 amide bonds. The summed E-state index contributed by atoms with van der Waals surface area (Å²) in [6.45, 7) is 16.3. The van der Waals surface area contributed by atoms with Crippen molar-refractivity contribution in [3.63, 3.8) is 0 Å². The van der Waals surface area contributed by atoms with Crippen LogP contribution in [0.4, 0.5) is 0 Å². The van der Waals surface area contributed by atoms with Gasteiger partial charge in [-0.05, 0) is 31.2 Å². The lowest BCUT2D eigenvalue weighted by Crippen LogP contribution is -2.21. The van der Waals surface area contributed by atoms with E-state index in [4.69, 9.17) is 4.74 Å². The number of rotatable bonds is 9. The third kappa shape index (κ3) is 9.23. The molecule has 6 heteroatoms. The number of fused-ring (bicyclic) bond motifs is 1. The second-order valence-corrected chi connectivity index (χ2v) is 17.7. The molecule has 0 radical (unpaired) electrons. The summed E-state index contributed by atoms with van der Waals surface area (Å²) in [6, 6.07) is 9.44. The molecule has 0 spiro atoms. The standard InChI is InChI=1S/C26H37NO3SSi/c1-20(12-13-22(28)17-25(29)31-26(2,3)4)16-21-18-27(19-30-14-15-32(5,6)7)24-11-9-8-10-23(21)24/h8-13,16-18,28H,14-15,19H2,1-7H3/b13-12+,20-16+,22-17-. The SMILES string of the molecule is CC(/C=C/C(O)=C/C(=O)SC(C)(C)C)=C\c1cn(COCC[Si](C)(C)C)c2ccccc12. The lowest BCUT2D eigenvalue weighted by atomic mass is 10.1. The molecule has 174 valence electrons. The minimum atomic E-state index is -1.11. The molecule has 0 fully saturated rings. The lowest BCUT2D eigenvalue weighted by Gasteiger charge is -2.15. The Hall–Kier alpha value is -2.02. The van der Waals surface area contributed by atoms with E-state index in [0.717, 1.165) is 34.7 Å². The van der Waals surface area contributed by atoms with Gasteiger partial charge >= 0.3 is 0 Å². The number of thioether (sulfide) groups is 1. The first-order valence-corrected chi connectivity index (χ1v) is 15.5. The minimum absolute atomic E-state index is 0.0438. The fraction of sp³-hybridized carbons (Fsp3) is 0.423. The summed E-state index contributed by atoms with van der Waals surface area (Å²) in [5.41, 5.74) is 3.21. The zero-order valence-electron chi connectivity index (χ0n) is 20.4. The molecule has 0 aliphatic rings. The Morgan fingerprint density at radius 1 is 1.19 bits per heavy atom. The van der Waals surface area contributed by atoms with Crippen LogP contribution >= 0.6 is 11.8 Å². The van der Waals surface area contributed by atoms with Crippen molar-refractivity contribution in [3.05, 3.63) is 65.6 Å². The van der Waals surface area contributed by atoms with Gasteiger partial charge in [-0.2, -0.15) is 0 Å². The van der Waals surface area contributed by atoms with Gasteiger partial charge in [-0.3, -0.25) is 4.79 Å². The van der Waals surface area contributed by atoms with Gasteiger partial charge in [-0.1, -0.05) is 82.0 Å². The van der Waals surface area contributed by atoms with Crippen molar-refractivity contribution < 1.29 is 14.6 Å². The van der Waals surface area contributed by atoms with Gasteiger partial charge in [0, 0.05) is 42.7 Å². The van der Waals surface area contributed by atoms with Crippen LogP contribution in [-0.4, -0.2) is 34.2 Å². The van der Waals surface area contributed by atoms with Crippen LogP contribution in [0.25, 0.3) is 17.0 Å². The second kappa shape index (κ2) is 11.2. The first kappa shape index (κ1) is 26.2. The maximum absolute atomic E-state index is 12.0. The quantitative estimate of drug-likeness (QED) is 0.136. The number of para-hydroxylation sites is 1. The van der Waals surface area contributed by atoms with Crippen LogP contribution in [0, 0.1) is 0 Å². The summed E-state index contributed by atoms with van der Waals surface area (Å²) in [4.78, 5) is 12.0. The van der Waals surface area contributed by atoms with Gasteiger partial charge in [0.15, 0.2) is 0 Å². The Kier molecular flexibility index (Phi) is 9.19. The van der Waals surface area contributed by atoms with Crippen LogP contribution < -0.4 is 0 Å². The van der Waals surface area contributed by atoms with E-state index in [1.54, 1.807) is 6.08 Å². The van der Waals surface area contributed by atoms with Crippen LogP contribution in [-0.2, 0) is 16.3 Å². The first-order chi connectivity index (χ1) is 14.8. The van der Waals surface area contributed by atoms with Gasteiger partial charge < -0.3 is 14.4 Å². The van der Waals surface area contributed by atoms with Gasteiger partial charge in [0.25, 0.3) is 0 Å². The Morgan fingerprint density at radius 3 is 2.53 bits per heavy atom. The predicted molar refractivity (Wildman–Crippen MR) is 142 cm³/mol. The lowest BCUT2D eigenvalue weighted by molar-refractivity contribution is -0.107. The fourth-order valence-corrected chi connectivity index (χ4v) is 4.59. The summed E-state index contributed by atoms with van der Waals surface area (Å²) in [6.07, 6.45) is 8.83. The topological polar surface area (TPSA) is 51.5 Å². The van der Waals surface area contributed by atoms with Crippen molar-refractivity contribution >= 4 is 41.9 Å². The molecule has 4 nitrogen and oxygen atoms in total. The van der Waals surface area contributed by atoms with Crippen molar-refractivity contribution in [2.24, 2.45) is 0 Å². The second-order valence-electron chi connectivity index (χ2n) is 10.2. The number of aromatic nitrogens is 1. The summed E-state index contributed by atoms with van der Waals surface area (Å²) in [5, 5.41) is 11.1. The predicted octanol–water partition coefficient (Wildman–Crippen LogP) is 7.41. The average molecular weight is 472 g/mol. The van der Waals surface area contributed by atoms with E-state index in [1.165, 1.54) is 17.8 Å². The molecule has 0 aliphatic heterocycles. The summed E-state index contributed by atoms with van der Waals surface area (Å²) < 4.78 is 7.92. The van der Waals surface area contributed by atoms with Gasteiger partial charge in [0.1, 0.15) is 12.5 Å². The number of hydrogen-bond acceptors (Lipinski definition) is 4. The highest BCUT2D eigenvalue weighted by atomic mass is 32.2. The number of nitrogens with zero attached hydrogens (tertiary/aromatic N) is 1. The molecule has 0 unspecified atom stereocenters. The van der Waals surface area contributed by atoms with Crippen LogP contribution in [0.2, 0.25) is 25.7 Å². The molecule has 1 heterocycles. The van der Waals surface area contributed by atoms with Gasteiger partial charge in [0.2, 0.25) is 5.12 Å². The van der Waals surface area contributed by atoms with E-state index in [2.05, 4.69) is 48.6 Å². The van der Waals surface area contributed by atoms with Gasteiger partial charge in [-0.25, -0.2) is 0 Å². The maximum Gasteiger partial charge on any atom is 0.216 e. The molecule has 1 aromatic heterocycles. The zero-order valence-corrected chi connectivity index (χ0v) is 22.3. The van der Waals surface area contributed by atoms with Crippen LogP contribution in [0.3, 0.4) is 0 Å². The van der Waals surface area contributed by atoms with E-state index in [9.17, 15) is 9.90 Å². The molecule has 1 N–H and O–H groups in total. The van der Waals surface area contributed by atoms with Gasteiger partial charge in [-0.15, -0.1) is 0 Å². The maximum atomic E-state index is 12.0. The Bertz CT molecular complexity index is 1020. The molecule has 1 aromatic carbocycles. The zero-order chi connectivity index (χ0) is 23.9. The summed E-state index contributed by atoms with van der Waals surface area (Å²) >= 11 is 1.20. The third-order valence-corrected chi connectivity index (χ3v) is 7.25. The minimum Gasteiger partial charge on any atom is -0.508 e. The number of hydrogen-bond donors (Lipinski definition) is 1. The van der Waals surface area contributed by atoms with E-state index in [-0.39, 0.29) is 15.6 Å². The average Bonchev–Trinajstić information content (AvgIpc) is 2.99. The van der Waals surface area contributed by atoms with Gasteiger partial charge in [0.05, 0.1) is 5.52 Å². The number of aliphatic hydroxyl groups is 1. The molecular weight excluding hydrogens is 434 g/mol. The number of ether oxygens (including phenoxy) is 1. The molecular formula is C26H37NO3SSi. The number of benzene rings is 1. The Balaban J connectivity index is 2.13. The number of aliphatic hydroxyl groups excluding tert-OH is 1. The molecule has 32 heavy (non-hydrogen) atoms. The van der Waals surface area contributed by atoms with E-state index < -0.39 is 8.07 Å². The molecule has 0 bridgehead atoms. The normalized spacial score (nSPS) is 14.0. The van der Waals surface area contributed by atoms with Crippen molar-refractivity contribution in [3.8, 4) is 0 Å². The fourth-order valence-electron chi connectivity index (χ4n) is 3.05. The summed E-state index contributed by atoms with van der Waals surface area (Å²) in [7, 11) is -1.11. The van der Waals surface area contributed by atoms with Crippen LogP contribution in [0.5, 0.6) is 0 Å². The molecule has 0 aliphatic carbocycles. The Morgan fingerprint density at radius 2 is 1.88 bits per heavy atom. The Labute approximate surface area is 198 Å². The first-order valence-electron chi connectivity index (χ1n) is 11.0. The van der Waals surface area contributed by atoms with Crippen molar-refractivity contribution in [1.29, 1.82) is 0 Å². The smallest absolute Gasteiger partial charge is 0.216 e. The largest absolute Gasteiger partial charge is 0.508 e. The van der Waals surface area contributed by atoms with E-state index >= 15 is 0 Å². The van der Waals surface area contributed by atoms with E-state index in [1.807, 2.05) is 45.9 Å². The van der Waals surface area contributed by atoms with Crippen LogP contribution in [0.15, 0.2) is 60.0 Å². The van der Waals surface area contributed by atoms with Crippen molar-refractivity contribution in [1.82, 2.24) is 4.57 Å². The molecule has 2 aromatic rings. The monoisotopic (exact) mass is 471 g/mol. The molecule has 2 rings (SSSR count). The molecule has 0 atom stereocenters. The highest BCUT2D eigenvalue weighted by Crippen LogP contribution is 2.25. The summed E-state index contributed by atoms with van der Waals surface area (Å²) in [5.74, 6) is -0.0438. The van der Waals surface area contributed by atoms with Crippen LogP contribution in [0.1, 0.15) is 33.3 Å². The van der Waals surface area contributed by atoms with Crippen molar-refractivity contribution in [2.45, 2.75) is 64.9 Å². The molecule has 0 saturated heterocycles. The number of carbonyl (C=O) groups is 1. The number of carbonyl (C=O) groups excluding carboxylic acids is 1. The van der Waals surface area contributed by atoms with Crippen molar-refractivity contribution in [2.75, 3.05) is 6.61 Å². The number of allylic oxidation sites excluding steroid dienone is 3. The molecule has 0 saturated carbocycles. The van der Waals surface area contributed by atoms with E-state index in [0.29, 0.717) is 6.73 Å².